The first-order chi connectivity index (χ1) is 8.75. The third-order valence-electron chi connectivity index (χ3n) is 3.72. The van der Waals surface area contributed by atoms with Gasteiger partial charge in [-0.05, 0) is 57.3 Å². The van der Waals surface area contributed by atoms with Gasteiger partial charge < -0.3 is 5.11 Å². The third kappa shape index (κ3) is 2.27. The highest BCUT2D eigenvalue weighted by atomic mass is 79.9. The van der Waals surface area contributed by atoms with Crippen molar-refractivity contribution in [2.75, 3.05) is 0 Å². The highest BCUT2D eigenvalue weighted by Gasteiger charge is 2.20. The van der Waals surface area contributed by atoms with Crippen molar-refractivity contribution in [3.05, 3.63) is 56.2 Å². The van der Waals surface area contributed by atoms with Crippen LogP contribution in [-0.2, 0) is 0 Å². The number of halogens is 1. The van der Waals surface area contributed by atoms with Gasteiger partial charge in [0.1, 0.15) is 6.10 Å². The average Bonchev–Trinajstić information content (AvgIpc) is 2.73. The first-order valence-electron chi connectivity index (χ1n) is 6.26. The molecule has 1 fully saturated rings. The summed E-state index contributed by atoms with van der Waals surface area (Å²) in [6.45, 7) is 0. The van der Waals surface area contributed by atoms with Gasteiger partial charge in [-0.25, -0.2) is 0 Å². The van der Waals surface area contributed by atoms with Gasteiger partial charge >= 0.3 is 0 Å². The zero-order valence-corrected chi connectivity index (χ0v) is 12.4. The molecule has 1 unspecified atom stereocenters. The fraction of sp³-hybridized carbons (Fsp3) is 0.333. The molecule has 3 rings (SSSR count). The van der Waals surface area contributed by atoms with E-state index in [-0.39, 0.29) is 0 Å². The molecule has 1 aromatic heterocycles. The smallest absolute Gasteiger partial charge is 0.114 e. The van der Waals surface area contributed by atoms with Crippen molar-refractivity contribution in [2.45, 2.75) is 31.3 Å². The van der Waals surface area contributed by atoms with E-state index < -0.39 is 6.10 Å². The summed E-state index contributed by atoms with van der Waals surface area (Å²) in [5, 5.41) is 12.3. The molecule has 2 aromatic rings. The van der Waals surface area contributed by atoms with Crippen molar-refractivity contribution in [3.8, 4) is 0 Å². The van der Waals surface area contributed by atoms with E-state index in [1.807, 2.05) is 11.4 Å². The second-order valence-electron chi connectivity index (χ2n) is 4.83. The second-order valence-corrected chi connectivity index (χ2v) is 6.63. The standard InChI is InChI=1S/C15H15BrOS/c16-13-8-9-18-15(13)14(17)12-6-4-11(5-7-12)10-2-1-3-10/h4-10,14,17H,1-3H2. The highest BCUT2D eigenvalue weighted by molar-refractivity contribution is 9.10. The predicted molar refractivity (Wildman–Crippen MR) is 79.1 cm³/mol. The Morgan fingerprint density at radius 3 is 2.39 bits per heavy atom. The Morgan fingerprint density at radius 1 is 1.17 bits per heavy atom. The summed E-state index contributed by atoms with van der Waals surface area (Å²) in [4.78, 5) is 0.978. The average molecular weight is 323 g/mol. The Hall–Kier alpha value is -0.640. The molecule has 1 N–H and O–H groups in total. The van der Waals surface area contributed by atoms with Crippen LogP contribution in [0.15, 0.2) is 40.2 Å². The maximum absolute atomic E-state index is 10.3. The number of benzene rings is 1. The molecule has 0 saturated heterocycles. The number of rotatable bonds is 3. The minimum atomic E-state index is -0.519. The van der Waals surface area contributed by atoms with Crippen molar-refractivity contribution in [1.29, 1.82) is 0 Å². The minimum Gasteiger partial charge on any atom is -0.383 e. The van der Waals surface area contributed by atoms with Gasteiger partial charge in [0.15, 0.2) is 0 Å². The summed E-state index contributed by atoms with van der Waals surface area (Å²) in [6, 6.07) is 10.4. The van der Waals surface area contributed by atoms with Gasteiger partial charge in [-0.2, -0.15) is 0 Å². The van der Waals surface area contributed by atoms with E-state index in [2.05, 4.69) is 40.2 Å². The Kier molecular flexibility index (Phi) is 3.55. The summed E-state index contributed by atoms with van der Waals surface area (Å²) in [5.74, 6) is 0.754. The third-order valence-corrected chi connectivity index (χ3v) is 5.65. The molecular weight excluding hydrogens is 308 g/mol. The zero-order valence-electron chi connectivity index (χ0n) is 9.97. The molecule has 1 aliphatic carbocycles. The monoisotopic (exact) mass is 322 g/mol. The van der Waals surface area contributed by atoms with Gasteiger partial charge in [-0.1, -0.05) is 30.7 Å². The van der Waals surface area contributed by atoms with Crippen molar-refractivity contribution in [1.82, 2.24) is 0 Å². The summed E-state index contributed by atoms with van der Waals surface area (Å²) < 4.78 is 0.989. The summed E-state index contributed by atoms with van der Waals surface area (Å²) in [5.41, 5.74) is 2.39. The maximum atomic E-state index is 10.3. The molecular formula is C15H15BrOS. The molecule has 0 bridgehead atoms. The zero-order chi connectivity index (χ0) is 12.5. The Bertz CT molecular complexity index is 528. The molecule has 0 radical (unpaired) electrons. The number of hydrogen-bond donors (Lipinski definition) is 1. The lowest BCUT2D eigenvalue weighted by Gasteiger charge is -2.26. The number of aliphatic hydroxyl groups excluding tert-OH is 1. The van der Waals surface area contributed by atoms with E-state index in [9.17, 15) is 5.11 Å². The molecule has 1 heterocycles. The van der Waals surface area contributed by atoms with Gasteiger partial charge in [0.05, 0.1) is 4.88 Å². The van der Waals surface area contributed by atoms with Crippen molar-refractivity contribution in [2.24, 2.45) is 0 Å². The molecule has 0 spiro atoms. The molecule has 0 amide bonds. The fourth-order valence-corrected chi connectivity index (χ4v) is 3.94. The summed E-state index contributed by atoms with van der Waals surface area (Å²) in [7, 11) is 0. The molecule has 1 aliphatic rings. The normalized spacial score (nSPS) is 17.4. The van der Waals surface area contributed by atoms with Crippen LogP contribution in [0.25, 0.3) is 0 Å². The molecule has 1 saturated carbocycles. The Balaban J connectivity index is 1.82. The van der Waals surface area contributed by atoms with Crippen LogP contribution in [0.5, 0.6) is 0 Å². The summed E-state index contributed by atoms with van der Waals surface area (Å²) >= 11 is 5.05. The number of aliphatic hydroxyl groups is 1. The first kappa shape index (κ1) is 12.4. The topological polar surface area (TPSA) is 20.2 Å². The van der Waals surface area contributed by atoms with E-state index >= 15 is 0 Å². The van der Waals surface area contributed by atoms with Crippen molar-refractivity contribution >= 4 is 27.3 Å². The quantitative estimate of drug-likeness (QED) is 0.855. The molecule has 0 aliphatic heterocycles. The molecule has 1 atom stereocenters. The lowest BCUT2D eigenvalue weighted by Crippen LogP contribution is -2.08. The van der Waals surface area contributed by atoms with Gasteiger partial charge in [-0.3, -0.25) is 0 Å². The minimum absolute atomic E-state index is 0.519. The maximum Gasteiger partial charge on any atom is 0.114 e. The van der Waals surface area contributed by atoms with Crippen LogP contribution in [0, 0.1) is 0 Å². The number of hydrogen-bond acceptors (Lipinski definition) is 2. The Morgan fingerprint density at radius 2 is 1.89 bits per heavy atom. The lowest BCUT2D eigenvalue weighted by atomic mass is 9.80. The molecule has 18 heavy (non-hydrogen) atoms. The van der Waals surface area contributed by atoms with E-state index in [0.717, 1.165) is 20.8 Å². The van der Waals surface area contributed by atoms with Crippen LogP contribution in [-0.4, -0.2) is 5.11 Å². The van der Waals surface area contributed by atoms with Crippen molar-refractivity contribution in [3.63, 3.8) is 0 Å². The van der Waals surface area contributed by atoms with Gasteiger partial charge in [0.25, 0.3) is 0 Å². The van der Waals surface area contributed by atoms with Crippen LogP contribution < -0.4 is 0 Å². The largest absolute Gasteiger partial charge is 0.383 e. The first-order valence-corrected chi connectivity index (χ1v) is 7.94. The van der Waals surface area contributed by atoms with E-state index in [0.29, 0.717) is 0 Å². The number of thiophene rings is 1. The summed E-state index contributed by atoms with van der Waals surface area (Å²) in [6.07, 6.45) is 3.48. The van der Waals surface area contributed by atoms with E-state index in [1.54, 1.807) is 11.3 Å². The molecule has 1 aromatic carbocycles. The lowest BCUT2D eigenvalue weighted by molar-refractivity contribution is 0.223. The predicted octanol–water partition coefficient (Wildman–Crippen LogP) is 4.86. The van der Waals surface area contributed by atoms with E-state index in [1.165, 1.54) is 24.8 Å². The van der Waals surface area contributed by atoms with Gasteiger partial charge in [0.2, 0.25) is 0 Å². The van der Waals surface area contributed by atoms with Crippen LogP contribution >= 0.6 is 27.3 Å². The SMILES string of the molecule is OC(c1ccc(C2CCC2)cc1)c1sccc1Br. The van der Waals surface area contributed by atoms with Crippen LogP contribution in [0.1, 0.15) is 47.3 Å². The van der Waals surface area contributed by atoms with Gasteiger partial charge in [0, 0.05) is 4.47 Å². The van der Waals surface area contributed by atoms with E-state index in [4.69, 9.17) is 0 Å². The van der Waals surface area contributed by atoms with Crippen LogP contribution in [0.2, 0.25) is 0 Å². The second kappa shape index (κ2) is 5.16. The molecule has 1 nitrogen and oxygen atoms in total. The molecule has 3 heteroatoms. The highest BCUT2D eigenvalue weighted by Crippen LogP contribution is 2.38. The van der Waals surface area contributed by atoms with Gasteiger partial charge in [-0.15, -0.1) is 11.3 Å². The van der Waals surface area contributed by atoms with Crippen molar-refractivity contribution < 1.29 is 5.11 Å². The molecule has 94 valence electrons. The fourth-order valence-electron chi connectivity index (χ4n) is 2.34. The van der Waals surface area contributed by atoms with Crippen LogP contribution in [0.3, 0.4) is 0 Å². The Labute approximate surface area is 120 Å². The van der Waals surface area contributed by atoms with Crippen LogP contribution in [0.4, 0.5) is 0 Å².